The zero-order valence-corrected chi connectivity index (χ0v) is 13.5. The Kier molecular flexibility index (Phi) is 6.42. The molecule has 0 radical (unpaired) electrons. The van der Waals surface area contributed by atoms with E-state index < -0.39 is 17.5 Å². The molecule has 1 rings (SSSR count). The molecular formula is C16H28N2O3. The number of carboxylic acid groups (broad SMARTS) is 1. The van der Waals surface area contributed by atoms with Crippen LogP contribution >= 0.6 is 0 Å². The predicted molar refractivity (Wildman–Crippen MR) is 83.9 cm³/mol. The van der Waals surface area contributed by atoms with E-state index >= 15 is 0 Å². The molecule has 3 atom stereocenters. The van der Waals surface area contributed by atoms with Gasteiger partial charge in [-0.2, -0.15) is 0 Å². The van der Waals surface area contributed by atoms with Crippen LogP contribution in [0.1, 0.15) is 34.1 Å². The number of hydrogen-bond acceptors (Lipinski definition) is 4. The fourth-order valence-electron chi connectivity index (χ4n) is 3.00. The molecule has 0 saturated carbocycles. The third kappa shape index (κ3) is 3.66. The van der Waals surface area contributed by atoms with Crippen molar-refractivity contribution in [3.05, 3.63) is 23.9 Å². The number of rotatable bonds is 8. The molecule has 5 heteroatoms. The molecule has 0 fully saturated rings. The van der Waals surface area contributed by atoms with E-state index in [0.717, 1.165) is 19.5 Å². The summed E-state index contributed by atoms with van der Waals surface area (Å²) >= 11 is 0. The van der Waals surface area contributed by atoms with Crippen molar-refractivity contribution in [2.75, 3.05) is 19.7 Å². The highest BCUT2D eigenvalue weighted by molar-refractivity contribution is 5.75. The highest BCUT2D eigenvalue weighted by Crippen LogP contribution is 2.36. The molecular weight excluding hydrogens is 268 g/mol. The van der Waals surface area contributed by atoms with Crippen molar-refractivity contribution < 1.29 is 14.6 Å². The number of hydrogen-bond donors (Lipinski definition) is 2. The second-order valence-corrected chi connectivity index (χ2v) is 5.42. The Hall–Kier alpha value is -1.33. The first kappa shape index (κ1) is 17.7. The molecule has 0 heterocycles. The molecule has 0 spiro atoms. The Labute approximate surface area is 127 Å². The summed E-state index contributed by atoms with van der Waals surface area (Å²) in [5, 5.41) is 9.62. The SMILES string of the molecule is CCCOC1(C(C)N(CC)CC)C=C(N)C=CC1C(=O)O. The summed E-state index contributed by atoms with van der Waals surface area (Å²) in [4.78, 5) is 13.9. The molecule has 3 unspecified atom stereocenters. The van der Waals surface area contributed by atoms with Crippen molar-refractivity contribution in [2.24, 2.45) is 11.7 Å². The van der Waals surface area contributed by atoms with Crippen molar-refractivity contribution in [1.29, 1.82) is 0 Å². The van der Waals surface area contributed by atoms with Gasteiger partial charge in [-0.25, -0.2) is 0 Å². The minimum Gasteiger partial charge on any atom is -0.481 e. The van der Waals surface area contributed by atoms with Crippen LogP contribution in [0.3, 0.4) is 0 Å². The van der Waals surface area contributed by atoms with E-state index in [1.807, 2.05) is 13.8 Å². The van der Waals surface area contributed by atoms with Crippen LogP contribution in [0.5, 0.6) is 0 Å². The molecule has 0 bridgehead atoms. The van der Waals surface area contributed by atoms with Gasteiger partial charge in [0.25, 0.3) is 0 Å². The van der Waals surface area contributed by atoms with E-state index in [1.165, 1.54) is 0 Å². The van der Waals surface area contributed by atoms with Gasteiger partial charge in [0.05, 0.1) is 0 Å². The van der Waals surface area contributed by atoms with Crippen LogP contribution in [0.2, 0.25) is 0 Å². The van der Waals surface area contributed by atoms with Crippen molar-refractivity contribution in [1.82, 2.24) is 4.90 Å². The molecule has 21 heavy (non-hydrogen) atoms. The van der Waals surface area contributed by atoms with Gasteiger partial charge in [0, 0.05) is 18.3 Å². The van der Waals surface area contributed by atoms with Crippen LogP contribution in [-0.4, -0.2) is 47.3 Å². The molecule has 0 saturated heterocycles. The van der Waals surface area contributed by atoms with E-state index in [2.05, 4.69) is 18.7 Å². The summed E-state index contributed by atoms with van der Waals surface area (Å²) in [6.45, 7) is 10.3. The highest BCUT2D eigenvalue weighted by atomic mass is 16.5. The maximum atomic E-state index is 11.7. The fourth-order valence-corrected chi connectivity index (χ4v) is 3.00. The first-order chi connectivity index (χ1) is 9.92. The zero-order valence-electron chi connectivity index (χ0n) is 13.5. The number of carboxylic acids is 1. The summed E-state index contributed by atoms with van der Waals surface area (Å²) in [6, 6.07) is -0.0800. The third-order valence-corrected chi connectivity index (χ3v) is 4.19. The number of aliphatic carboxylic acids is 1. The van der Waals surface area contributed by atoms with Gasteiger partial charge < -0.3 is 15.6 Å². The van der Waals surface area contributed by atoms with Crippen molar-refractivity contribution in [2.45, 2.75) is 45.8 Å². The first-order valence-electron chi connectivity index (χ1n) is 7.70. The zero-order chi connectivity index (χ0) is 16.0. The number of nitrogens with two attached hydrogens (primary N) is 1. The molecule has 1 aliphatic carbocycles. The smallest absolute Gasteiger partial charge is 0.313 e. The molecule has 0 aromatic rings. The van der Waals surface area contributed by atoms with E-state index in [4.69, 9.17) is 10.5 Å². The lowest BCUT2D eigenvalue weighted by molar-refractivity contribution is -0.155. The molecule has 120 valence electrons. The topological polar surface area (TPSA) is 75.8 Å². The minimum atomic E-state index is -0.924. The second kappa shape index (κ2) is 7.61. The Morgan fingerprint density at radius 2 is 2.10 bits per heavy atom. The summed E-state index contributed by atoms with van der Waals surface area (Å²) in [5.41, 5.74) is 5.58. The number of likely N-dealkylation sites (N-methyl/N-ethyl adjacent to an activating group) is 1. The van der Waals surface area contributed by atoms with Gasteiger partial charge in [0.1, 0.15) is 11.5 Å². The Balaban J connectivity index is 3.27. The van der Waals surface area contributed by atoms with Gasteiger partial charge in [-0.1, -0.05) is 26.8 Å². The number of nitrogens with zero attached hydrogens (tertiary/aromatic N) is 1. The van der Waals surface area contributed by atoms with Crippen LogP contribution in [0, 0.1) is 5.92 Å². The quantitative estimate of drug-likeness (QED) is 0.716. The van der Waals surface area contributed by atoms with Gasteiger partial charge in [-0.15, -0.1) is 0 Å². The standard InChI is InChI=1S/C16H28N2O3/c1-5-10-21-16(12(4)18(6-2)7-3)11-13(17)8-9-14(16)15(19)20/h8-9,11-12,14H,5-7,10,17H2,1-4H3,(H,19,20). The molecule has 0 aliphatic heterocycles. The number of carbonyl (C=O) groups is 1. The van der Waals surface area contributed by atoms with Crippen molar-refractivity contribution >= 4 is 5.97 Å². The third-order valence-electron chi connectivity index (χ3n) is 4.19. The van der Waals surface area contributed by atoms with Gasteiger partial charge in [0.2, 0.25) is 0 Å². The lowest BCUT2D eigenvalue weighted by atomic mass is 9.77. The van der Waals surface area contributed by atoms with Crippen LogP contribution in [0.15, 0.2) is 23.9 Å². The lowest BCUT2D eigenvalue weighted by Crippen LogP contribution is -2.58. The Morgan fingerprint density at radius 3 is 2.57 bits per heavy atom. The van der Waals surface area contributed by atoms with E-state index in [0.29, 0.717) is 12.3 Å². The molecule has 0 aromatic carbocycles. The number of allylic oxidation sites excluding steroid dienone is 1. The van der Waals surface area contributed by atoms with E-state index in [-0.39, 0.29) is 6.04 Å². The highest BCUT2D eigenvalue weighted by Gasteiger charge is 2.48. The molecule has 0 aromatic heterocycles. The maximum Gasteiger partial charge on any atom is 0.313 e. The monoisotopic (exact) mass is 296 g/mol. The lowest BCUT2D eigenvalue weighted by Gasteiger charge is -2.45. The van der Waals surface area contributed by atoms with Gasteiger partial charge in [-0.3, -0.25) is 9.69 Å². The average Bonchev–Trinajstić information content (AvgIpc) is 2.45. The van der Waals surface area contributed by atoms with Crippen LogP contribution < -0.4 is 5.73 Å². The van der Waals surface area contributed by atoms with Crippen LogP contribution in [0.25, 0.3) is 0 Å². The summed E-state index contributed by atoms with van der Waals surface area (Å²) < 4.78 is 6.08. The first-order valence-corrected chi connectivity index (χ1v) is 7.70. The Bertz CT molecular complexity index is 416. The molecule has 3 N–H and O–H groups in total. The normalized spacial score (nSPS) is 26.7. The summed E-state index contributed by atoms with van der Waals surface area (Å²) in [5.74, 6) is -1.61. The summed E-state index contributed by atoms with van der Waals surface area (Å²) in [6.07, 6.45) is 5.91. The molecule has 5 nitrogen and oxygen atoms in total. The van der Waals surface area contributed by atoms with Gasteiger partial charge in [0.15, 0.2) is 0 Å². The fraction of sp³-hybridized carbons (Fsp3) is 0.688. The van der Waals surface area contributed by atoms with Crippen molar-refractivity contribution in [3.8, 4) is 0 Å². The minimum absolute atomic E-state index is 0.0800. The molecule has 0 amide bonds. The van der Waals surface area contributed by atoms with Crippen molar-refractivity contribution in [3.63, 3.8) is 0 Å². The van der Waals surface area contributed by atoms with E-state index in [9.17, 15) is 9.90 Å². The second-order valence-electron chi connectivity index (χ2n) is 5.42. The average molecular weight is 296 g/mol. The number of ether oxygens (including phenoxy) is 1. The van der Waals surface area contributed by atoms with Gasteiger partial charge >= 0.3 is 5.97 Å². The van der Waals surface area contributed by atoms with Crippen LogP contribution in [0.4, 0.5) is 0 Å². The largest absolute Gasteiger partial charge is 0.481 e. The predicted octanol–water partition coefficient (Wildman–Crippen LogP) is 2.00. The van der Waals surface area contributed by atoms with Crippen LogP contribution in [-0.2, 0) is 9.53 Å². The van der Waals surface area contributed by atoms with E-state index in [1.54, 1.807) is 18.2 Å². The maximum absolute atomic E-state index is 11.7. The summed E-state index contributed by atoms with van der Waals surface area (Å²) in [7, 11) is 0. The van der Waals surface area contributed by atoms with Gasteiger partial charge in [-0.05, 0) is 38.6 Å². The Morgan fingerprint density at radius 1 is 1.48 bits per heavy atom. The molecule has 1 aliphatic rings.